The van der Waals surface area contributed by atoms with Crippen molar-refractivity contribution in [2.24, 2.45) is 0 Å². The molecule has 31 heavy (non-hydrogen) atoms. The molecule has 8 heteroatoms. The monoisotopic (exact) mass is 427 g/mol. The fourth-order valence-corrected chi connectivity index (χ4v) is 3.62. The third-order valence-electron chi connectivity index (χ3n) is 5.23. The summed E-state index contributed by atoms with van der Waals surface area (Å²) in [6.07, 6.45) is 2.33. The number of hydrogen-bond donors (Lipinski definition) is 1. The number of pyridine rings is 1. The number of aromatic nitrogens is 1. The van der Waals surface area contributed by atoms with Crippen LogP contribution >= 0.6 is 0 Å². The van der Waals surface area contributed by atoms with E-state index < -0.39 is 5.82 Å². The van der Waals surface area contributed by atoms with Crippen molar-refractivity contribution in [3.05, 3.63) is 48.4 Å². The van der Waals surface area contributed by atoms with Gasteiger partial charge >= 0.3 is 0 Å². The van der Waals surface area contributed by atoms with Crippen LogP contribution in [0.15, 0.2) is 42.6 Å². The van der Waals surface area contributed by atoms with Crippen LogP contribution in [0.3, 0.4) is 0 Å². The van der Waals surface area contributed by atoms with Crippen LogP contribution in [0.2, 0.25) is 0 Å². The third-order valence-corrected chi connectivity index (χ3v) is 5.23. The largest absolute Gasteiger partial charge is 0.493 e. The molecule has 7 nitrogen and oxygen atoms in total. The van der Waals surface area contributed by atoms with Crippen molar-refractivity contribution in [2.45, 2.75) is 19.6 Å². The number of morpholine rings is 1. The first kappa shape index (κ1) is 21.1. The van der Waals surface area contributed by atoms with Crippen molar-refractivity contribution in [1.29, 1.82) is 0 Å². The standard InChI is InChI=1S/C23H26FN3O4/c1-3-23(27-8-10-29-11-9-27)31-22-14-18-16(13-21(22)28-2)19(6-7-26-18)30-20-5-4-15(25)12-17(20)24/h4-7,12-14,23H,3,8-11,25H2,1-2H3. The van der Waals surface area contributed by atoms with Gasteiger partial charge in [-0.25, -0.2) is 4.39 Å². The maximum Gasteiger partial charge on any atom is 0.167 e. The van der Waals surface area contributed by atoms with Crippen molar-refractivity contribution in [1.82, 2.24) is 9.88 Å². The summed E-state index contributed by atoms with van der Waals surface area (Å²) in [6.45, 7) is 5.10. The molecule has 1 atom stereocenters. The zero-order chi connectivity index (χ0) is 21.8. The Labute approximate surface area is 180 Å². The molecule has 1 saturated heterocycles. The maximum atomic E-state index is 14.2. The first-order valence-corrected chi connectivity index (χ1v) is 10.3. The summed E-state index contributed by atoms with van der Waals surface area (Å²) in [6, 6.07) is 9.62. The SMILES string of the molecule is CCC(Oc1cc2nccc(Oc3ccc(N)cc3F)c2cc1OC)N1CCOCC1. The number of ether oxygens (including phenoxy) is 4. The van der Waals surface area contributed by atoms with Gasteiger partial charge in [-0.05, 0) is 30.7 Å². The number of halogens is 1. The highest BCUT2D eigenvalue weighted by Crippen LogP contribution is 2.38. The normalized spacial score (nSPS) is 15.6. The van der Waals surface area contributed by atoms with Gasteiger partial charge in [-0.3, -0.25) is 9.88 Å². The molecule has 1 aliphatic rings. The first-order chi connectivity index (χ1) is 15.1. The number of hydrogen-bond acceptors (Lipinski definition) is 7. The minimum absolute atomic E-state index is 0.0827. The van der Waals surface area contributed by atoms with Gasteiger partial charge < -0.3 is 24.7 Å². The van der Waals surface area contributed by atoms with E-state index in [2.05, 4.69) is 16.8 Å². The predicted molar refractivity (Wildman–Crippen MR) is 116 cm³/mol. The van der Waals surface area contributed by atoms with E-state index in [-0.39, 0.29) is 12.0 Å². The Bertz CT molecular complexity index is 1060. The van der Waals surface area contributed by atoms with E-state index >= 15 is 0 Å². The molecule has 0 amide bonds. The van der Waals surface area contributed by atoms with E-state index in [1.54, 1.807) is 31.5 Å². The number of nitrogens with zero attached hydrogens (tertiary/aromatic N) is 2. The number of nitrogens with two attached hydrogens (primary N) is 1. The highest BCUT2D eigenvalue weighted by Gasteiger charge is 2.23. The number of anilines is 1. The zero-order valence-electron chi connectivity index (χ0n) is 17.6. The molecule has 164 valence electrons. The maximum absolute atomic E-state index is 14.2. The molecule has 0 saturated carbocycles. The second-order valence-electron chi connectivity index (χ2n) is 7.25. The summed E-state index contributed by atoms with van der Waals surface area (Å²) in [5.41, 5.74) is 6.61. The van der Waals surface area contributed by atoms with Crippen molar-refractivity contribution in [2.75, 3.05) is 39.1 Å². The molecule has 4 rings (SSSR count). The van der Waals surface area contributed by atoms with E-state index in [0.29, 0.717) is 47.1 Å². The molecule has 1 aliphatic heterocycles. The Balaban J connectivity index is 1.66. The van der Waals surface area contributed by atoms with Crippen LogP contribution in [0.5, 0.6) is 23.0 Å². The van der Waals surface area contributed by atoms with Gasteiger partial charge in [-0.15, -0.1) is 0 Å². The van der Waals surface area contributed by atoms with E-state index in [1.807, 2.05) is 6.07 Å². The highest BCUT2D eigenvalue weighted by atomic mass is 19.1. The van der Waals surface area contributed by atoms with Gasteiger partial charge in [0.25, 0.3) is 0 Å². The lowest BCUT2D eigenvalue weighted by molar-refractivity contribution is -0.0475. The molecule has 3 aromatic rings. The molecule has 2 N–H and O–H groups in total. The second-order valence-corrected chi connectivity index (χ2v) is 7.25. The summed E-state index contributed by atoms with van der Waals surface area (Å²) in [5.74, 6) is 1.15. The Morgan fingerprint density at radius 2 is 1.90 bits per heavy atom. The molecule has 0 bridgehead atoms. The summed E-state index contributed by atoms with van der Waals surface area (Å²) in [4.78, 5) is 6.69. The van der Waals surface area contributed by atoms with Crippen LogP contribution in [-0.2, 0) is 4.74 Å². The molecular formula is C23H26FN3O4. The Hall–Kier alpha value is -3.10. The highest BCUT2D eigenvalue weighted by molar-refractivity contribution is 5.88. The summed E-state index contributed by atoms with van der Waals surface area (Å²) >= 11 is 0. The fraction of sp³-hybridized carbons (Fsp3) is 0.348. The van der Waals surface area contributed by atoms with E-state index in [4.69, 9.17) is 24.7 Å². The molecule has 2 aromatic carbocycles. The molecule has 1 unspecified atom stereocenters. The van der Waals surface area contributed by atoms with Gasteiger partial charge in [0.15, 0.2) is 29.3 Å². The Morgan fingerprint density at radius 1 is 1.10 bits per heavy atom. The van der Waals surface area contributed by atoms with Crippen molar-refractivity contribution in [3.8, 4) is 23.0 Å². The van der Waals surface area contributed by atoms with Gasteiger partial charge in [0.05, 0.1) is 25.8 Å². The smallest absolute Gasteiger partial charge is 0.167 e. The van der Waals surface area contributed by atoms with E-state index in [9.17, 15) is 4.39 Å². The number of methoxy groups -OCH3 is 1. The van der Waals surface area contributed by atoms with Crippen LogP contribution in [0.4, 0.5) is 10.1 Å². The fourth-order valence-electron chi connectivity index (χ4n) is 3.62. The third kappa shape index (κ3) is 4.65. The lowest BCUT2D eigenvalue weighted by Gasteiger charge is -2.34. The molecular weight excluding hydrogens is 401 g/mol. The van der Waals surface area contributed by atoms with Crippen LogP contribution in [0.25, 0.3) is 10.9 Å². The van der Waals surface area contributed by atoms with Crippen LogP contribution < -0.4 is 19.9 Å². The predicted octanol–water partition coefficient (Wildman–Crippen LogP) is 4.20. The molecule has 1 fully saturated rings. The molecule has 0 spiro atoms. The number of nitrogen functional groups attached to an aromatic ring is 1. The number of benzene rings is 2. The zero-order valence-corrected chi connectivity index (χ0v) is 17.6. The summed E-state index contributed by atoms with van der Waals surface area (Å²) in [7, 11) is 1.58. The Morgan fingerprint density at radius 3 is 2.61 bits per heavy atom. The average Bonchev–Trinajstić information content (AvgIpc) is 2.79. The average molecular weight is 427 g/mol. The van der Waals surface area contributed by atoms with Crippen LogP contribution in [-0.4, -0.2) is 49.5 Å². The molecule has 0 aliphatic carbocycles. The van der Waals surface area contributed by atoms with Crippen molar-refractivity contribution >= 4 is 16.6 Å². The Kier molecular flexibility index (Phi) is 6.39. The van der Waals surface area contributed by atoms with Crippen molar-refractivity contribution in [3.63, 3.8) is 0 Å². The number of rotatable bonds is 7. The molecule has 1 aromatic heterocycles. The van der Waals surface area contributed by atoms with E-state index in [0.717, 1.165) is 19.5 Å². The minimum Gasteiger partial charge on any atom is -0.493 e. The van der Waals surface area contributed by atoms with Gasteiger partial charge in [0, 0.05) is 42.5 Å². The summed E-state index contributed by atoms with van der Waals surface area (Å²) < 4.78 is 37.4. The van der Waals surface area contributed by atoms with Gasteiger partial charge in [-0.2, -0.15) is 0 Å². The number of fused-ring (bicyclic) bond motifs is 1. The first-order valence-electron chi connectivity index (χ1n) is 10.3. The van der Waals surface area contributed by atoms with Crippen LogP contribution in [0.1, 0.15) is 13.3 Å². The topological polar surface area (TPSA) is 79.1 Å². The summed E-state index contributed by atoms with van der Waals surface area (Å²) in [5, 5.41) is 0.683. The van der Waals surface area contributed by atoms with Crippen molar-refractivity contribution < 1.29 is 23.3 Å². The van der Waals surface area contributed by atoms with E-state index in [1.165, 1.54) is 12.1 Å². The van der Waals surface area contributed by atoms with Gasteiger partial charge in [0.2, 0.25) is 0 Å². The van der Waals surface area contributed by atoms with Crippen LogP contribution in [0, 0.1) is 5.82 Å². The van der Waals surface area contributed by atoms with Gasteiger partial charge in [-0.1, -0.05) is 6.92 Å². The quantitative estimate of drug-likeness (QED) is 0.566. The van der Waals surface area contributed by atoms with Gasteiger partial charge in [0.1, 0.15) is 5.75 Å². The lowest BCUT2D eigenvalue weighted by atomic mass is 10.1. The lowest BCUT2D eigenvalue weighted by Crippen LogP contribution is -2.46. The second kappa shape index (κ2) is 9.36. The molecule has 0 radical (unpaired) electrons. The molecule has 2 heterocycles. The minimum atomic E-state index is -0.534.